The van der Waals surface area contributed by atoms with E-state index in [9.17, 15) is 14.4 Å². The molecule has 0 spiro atoms. The molecular weight excluding hydrogens is 236 g/mol. The maximum absolute atomic E-state index is 11.8. The molecule has 1 aliphatic heterocycles. The molecule has 1 heterocycles. The maximum atomic E-state index is 11.8. The Kier molecular flexibility index (Phi) is 5.35. The van der Waals surface area contributed by atoms with E-state index in [0.717, 1.165) is 31.4 Å². The van der Waals surface area contributed by atoms with E-state index in [4.69, 9.17) is 5.11 Å². The standard InChI is InChI=1S/C12H18N2O4/c1-9(13-10(15)6-7-12(17)18)14-8-4-2-3-5-11(14)16/h6-7,9H,2-5,8H2,1H3,(H,13,15)(H,17,18)/b7-6-. The minimum atomic E-state index is -1.18. The van der Waals surface area contributed by atoms with Crippen LogP contribution in [-0.2, 0) is 14.4 Å². The van der Waals surface area contributed by atoms with E-state index in [1.165, 1.54) is 0 Å². The molecule has 0 aliphatic carbocycles. The predicted octanol–water partition coefficient (Wildman–Crippen LogP) is 0.492. The van der Waals surface area contributed by atoms with E-state index < -0.39 is 18.0 Å². The van der Waals surface area contributed by atoms with E-state index >= 15 is 0 Å². The van der Waals surface area contributed by atoms with Crippen LogP contribution >= 0.6 is 0 Å². The highest BCUT2D eigenvalue weighted by atomic mass is 16.4. The van der Waals surface area contributed by atoms with Gasteiger partial charge in [0.05, 0.1) is 0 Å². The minimum Gasteiger partial charge on any atom is -0.478 e. The average Bonchev–Trinajstić information content (AvgIpc) is 2.51. The molecule has 0 radical (unpaired) electrons. The lowest BCUT2D eigenvalue weighted by Gasteiger charge is -2.28. The van der Waals surface area contributed by atoms with Gasteiger partial charge in [-0.2, -0.15) is 0 Å². The van der Waals surface area contributed by atoms with Crippen molar-refractivity contribution in [3.8, 4) is 0 Å². The summed E-state index contributed by atoms with van der Waals surface area (Å²) in [6.07, 6.45) is 4.63. The van der Waals surface area contributed by atoms with Crippen molar-refractivity contribution in [3.05, 3.63) is 12.2 Å². The largest absolute Gasteiger partial charge is 0.478 e. The topological polar surface area (TPSA) is 86.7 Å². The number of carboxylic acids is 1. The fourth-order valence-electron chi connectivity index (χ4n) is 1.89. The van der Waals surface area contributed by atoms with Crippen molar-refractivity contribution in [1.82, 2.24) is 10.2 Å². The van der Waals surface area contributed by atoms with E-state index in [2.05, 4.69) is 5.32 Å². The van der Waals surface area contributed by atoms with Gasteiger partial charge in [-0.1, -0.05) is 6.42 Å². The fourth-order valence-corrected chi connectivity index (χ4v) is 1.89. The Morgan fingerprint density at radius 2 is 2.06 bits per heavy atom. The summed E-state index contributed by atoms with van der Waals surface area (Å²) in [6.45, 7) is 2.35. The van der Waals surface area contributed by atoms with Crippen molar-refractivity contribution < 1.29 is 19.5 Å². The smallest absolute Gasteiger partial charge is 0.328 e. The number of likely N-dealkylation sites (tertiary alicyclic amines) is 1. The zero-order valence-electron chi connectivity index (χ0n) is 10.4. The lowest BCUT2D eigenvalue weighted by atomic mass is 10.2. The lowest BCUT2D eigenvalue weighted by Crippen LogP contribution is -2.48. The normalized spacial score (nSPS) is 18.5. The van der Waals surface area contributed by atoms with Gasteiger partial charge in [0.1, 0.15) is 6.17 Å². The number of nitrogens with one attached hydrogen (secondary N) is 1. The molecule has 1 unspecified atom stereocenters. The van der Waals surface area contributed by atoms with Crippen molar-refractivity contribution in [1.29, 1.82) is 0 Å². The Balaban J connectivity index is 2.52. The molecule has 2 N–H and O–H groups in total. The highest BCUT2D eigenvalue weighted by molar-refractivity contribution is 5.94. The highest BCUT2D eigenvalue weighted by Crippen LogP contribution is 2.12. The van der Waals surface area contributed by atoms with Crippen molar-refractivity contribution >= 4 is 17.8 Å². The van der Waals surface area contributed by atoms with Gasteiger partial charge in [-0.05, 0) is 19.8 Å². The number of amides is 2. The van der Waals surface area contributed by atoms with Crippen LogP contribution in [0, 0.1) is 0 Å². The summed E-state index contributed by atoms with van der Waals surface area (Å²) in [5.41, 5.74) is 0. The van der Waals surface area contributed by atoms with E-state index in [-0.39, 0.29) is 5.91 Å². The molecule has 1 fully saturated rings. The number of hydrogen-bond acceptors (Lipinski definition) is 3. The second-order valence-electron chi connectivity index (χ2n) is 4.25. The molecule has 6 nitrogen and oxygen atoms in total. The zero-order valence-corrected chi connectivity index (χ0v) is 10.4. The number of carbonyl (C=O) groups is 3. The third-order valence-corrected chi connectivity index (χ3v) is 2.81. The molecule has 0 aromatic rings. The molecule has 0 bridgehead atoms. The van der Waals surface area contributed by atoms with Crippen molar-refractivity contribution in [3.63, 3.8) is 0 Å². The van der Waals surface area contributed by atoms with Crippen LogP contribution in [0.1, 0.15) is 32.6 Å². The summed E-state index contributed by atoms with van der Waals surface area (Å²) in [6, 6.07) is 0. The number of nitrogens with zero attached hydrogens (tertiary/aromatic N) is 1. The number of carbonyl (C=O) groups excluding carboxylic acids is 2. The molecule has 0 saturated carbocycles. The molecule has 18 heavy (non-hydrogen) atoms. The van der Waals surface area contributed by atoms with E-state index in [1.807, 2.05) is 0 Å². The molecule has 2 amide bonds. The van der Waals surface area contributed by atoms with Gasteiger partial charge in [0, 0.05) is 25.1 Å². The molecular formula is C12H18N2O4. The van der Waals surface area contributed by atoms with Crippen LogP contribution in [0.3, 0.4) is 0 Å². The number of hydrogen-bond donors (Lipinski definition) is 2. The summed E-state index contributed by atoms with van der Waals surface area (Å²) in [7, 11) is 0. The van der Waals surface area contributed by atoms with Crippen LogP contribution in [0.5, 0.6) is 0 Å². The summed E-state index contributed by atoms with van der Waals surface area (Å²) in [4.78, 5) is 35.0. The summed E-state index contributed by atoms with van der Waals surface area (Å²) in [5.74, 6) is -1.66. The first-order chi connectivity index (χ1) is 8.50. The van der Waals surface area contributed by atoms with Crippen LogP contribution in [0.25, 0.3) is 0 Å². The SMILES string of the molecule is CC(NC(=O)/C=C\C(=O)O)N1CCCCCC1=O. The molecule has 6 heteroatoms. The second kappa shape index (κ2) is 6.78. The molecule has 0 aromatic carbocycles. The van der Waals surface area contributed by atoms with Crippen LogP contribution in [0.15, 0.2) is 12.2 Å². The van der Waals surface area contributed by atoms with Crippen molar-refractivity contribution in [2.24, 2.45) is 0 Å². The molecule has 100 valence electrons. The quantitative estimate of drug-likeness (QED) is 0.715. The van der Waals surface area contributed by atoms with Gasteiger partial charge >= 0.3 is 5.97 Å². The second-order valence-corrected chi connectivity index (χ2v) is 4.25. The maximum Gasteiger partial charge on any atom is 0.328 e. The van der Waals surface area contributed by atoms with E-state index in [0.29, 0.717) is 13.0 Å². The summed E-state index contributed by atoms with van der Waals surface area (Å²) >= 11 is 0. The fraction of sp³-hybridized carbons (Fsp3) is 0.583. The van der Waals surface area contributed by atoms with Gasteiger partial charge in [-0.3, -0.25) is 9.59 Å². The predicted molar refractivity (Wildman–Crippen MR) is 64.6 cm³/mol. The summed E-state index contributed by atoms with van der Waals surface area (Å²) in [5, 5.41) is 11.0. The van der Waals surface area contributed by atoms with Gasteiger partial charge < -0.3 is 15.3 Å². The minimum absolute atomic E-state index is 0.0301. The molecule has 0 aromatic heterocycles. The number of rotatable bonds is 4. The first-order valence-corrected chi connectivity index (χ1v) is 6.01. The number of carboxylic acid groups (broad SMARTS) is 1. The Hall–Kier alpha value is -1.85. The first-order valence-electron chi connectivity index (χ1n) is 6.01. The molecule has 1 aliphatic rings. The molecule has 1 atom stereocenters. The van der Waals surface area contributed by atoms with E-state index in [1.54, 1.807) is 11.8 Å². The molecule has 1 rings (SSSR count). The Bertz CT molecular complexity index is 365. The van der Waals surface area contributed by atoms with Crippen LogP contribution in [0.2, 0.25) is 0 Å². The first kappa shape index (κ1) is 14.2. The van der Waals surface area contributed by atoms with Crippen LogP contribution < -0.4 is 5.32 Å². The summed E-state index contributed by atoms with van der Waals surface area (Å²) < 4.78 is 0. The zero-order chi connectivity index (χ0) is 13.5. The van der Waals surface area contributed by atoms with Crippen molar-refractivity contribution in [2.45, 2.75) is 38.8 Å². The van der Waals surface area contributed by atoms with Crippen LogP contribution in [0.4, 0.5) is 0 Å². The lowest BCUT2D eigenvalue weighted by molar-refractivity contribution is -0.135. The third kappa shape index (κ3) is 4.57. The van der Waals surface area contributed by atoms with Gasteiger partial charge in [0.15, 0.2) is 0 Å². The molecule has 1 saturated heterocycles. The van der Waals surface area contributed by atoms with Crippen molar-refractivity contribution in [2.75, 3.05) is 6.54 Å². The van der Waals surface area contributed by atoms with Crippen LogP contribution in [-0.4, -0.2) is 40.5 Å². The Morgan fingerprint density at radius 3 is 2.72 bits per heavy atom. The highest BCUT2D eigenvalue weighted by Gasteiger charge is 2.22. The Morgan fingerprint density at radius 1 is 1.33 bits per heavy atom. The third-order valence-electron chi connectivity index (χ3n) is 2.81. The van der Waals surface area contributed by atoms with Gasteiger partial charge in [-0.15, -0.1) is 0 Å². The monoisotopic (exact) mass is 254 g/mol. The van der Waals surface area contributed by atoms with Gasteiger partial charge in [-0.25, -0.2) is 4.79 Å². The van der Waals surface area contributed by atoms with Gasteiger partial charge in [0.2, 0.25) is 11.8 Å². The Labute approximate surface area is 106 Å². The van der Waals surface area contributed by atoms with Gasteiger partial charge in [0.25, 0.3) is 0 Å². The number of aliphatic carboxylic acids is 1. The average molecular weight is 254 g/mol.